The van der Waals surface area contributed by atoms with E-state index in [4.69, 9.17) is 9.15 Å². The van der Waals surface area contributed by atoms with E-state index in [9.17, 15) is 26.4 Å². The van der Waals surface area contributed by atoms with Crippen molar-refractivity contribution in [3.63, 3.8) is 0 Å². The third-order valence-electron chi connectivity index (χ3n) is 8.81. The van der Waals surface area contributed by atoms with Crippen LogP contribution in [-0.4, -0.2) is 81.2 Å². The van der Waals surface area contributed by atoms with Crippen LogP contribution >= 0.6 is 0 Å². The van der Waals surface area contributed by atoms with Crippen molar-refractivity contribution in [3.05, 3.63) is 89.7 Å². The van der Waals surface area contributed by atoms with E-state index in [1.54, 1.807) is 60.7 Å². The summed E-state index contributed by atoms with van der Waals surface area (Å²) in [5, 5.41) is 3.69. The molecule has 0 radical (unpaired) electrons. The number of halogens is 4. The molecule has 6 rings (SSSR count). The Morgan fingerprint density at radius 1 is 0.878 bits per heavy atom. The fraction of sp³-hybridized carbons (Fsp3) is 0.400. The molecule has 4 aromatic rings. The number of nitrogens with zero attached hydrogens (tertiary/aromatic N) is 2. The number of nitrogens with one attached hydrogen (secondary N) is 1. The summed E-state index contributed by atoms with van der Waals surface area (Å²) in [6, 6.07) is 19.2. The maximum atomic E-state index is 15.2. The van der Waals surface area contributed by atoms with E-state index in [0.29, 0.717) is 68.7 Å². The van der Waals surface area contributed by atoms with Gasteiger partial charge in [0.1, 0.15) is 29.4 Å². The lowest BCUT2D eigenvalue weighted by molar-refractivity contribution is -0.274. The number of amides is 1. The normalized spacial score (nSPS) is 19.9. The third-order valence-corrected chi connectivity index (χ3v) is 9.94. The van der Waals surface area contributed by atoms with Gasteiger partial charge < -0.3 is 19.2 Å². The summed E-state index contributed by atoms with van der Waals surface area (Å²) >= 11 is 0. The van der Waals surface area contributed by atoms with Crippen molar-refractivity contribution in [1.82, 2.24) is 15.1 Å². The number of carbonyl (C=O) groups excluding carboxylic acids is 1. The molecule has 2 aliphatic rings. The molecule has 2 aliphatic heterocycles. The second kappa shape index (κ2) is 14.4. The van der Waals surface area contributed by atoms with E-state index in [1.165, 1.54) is 12.1 Å². The lowest BCUT2D eigenvalue weighted by Gasteiger charge is -2.34. The summed E-state index contributed by atoms with van der Waals surface area (Å²) in [5.74, 6) is 0.0523. The number of carbonyl (C=O) groups is 1. The first kappa shape index (κ1) is 34.7. The maximum Gasteiger partial charge on any atom is 0.573 e. The first-order valence-corrected chi connectivity index (χ1v) is 17.9. The molecule has 2 atom stereocenters. The fourth-order valence-corrected chi connectivity index (χ4v) is 6.88. The van der Waals surface area contributed by atoms with Gasteiger partial charge in [-0.1, -0.05) is 24.3 Å². The Labute approximate surface area is 281 Å². The van der Waals surface area contributed by atoms with Crippen LogP contribution in [0.2, 0.25) is 0 Å². The molecule has 0 saturated carbocycles. The van der Waals surface area contributed by atoms with Gasteiger partial charge in [-0.2, -0.15) is 0 Å². The quantitative estimate of drug-likeness (QED) is 0.197. The largest absolute Gasteiger partial charge is 0.573 e. The minimum atomic E-state index is -4.73. The number of hydrogen-bond acceptors (Lipinski definition) is 8. The Morgan fingerprint density at radius 3 is 2.12 bits per heavy atom. The third kappa shape index (κ3) is 9.31. The van der Waals surface area contributed by atoms with E-state index in [2.05, 4.69) is 15.0 Å². The number of furan rings is 1. The number of hydrogen-bond donors (Lipinski definition) is 1. The van der Waals surface area contributed by atoms with E-state index < -0.39 is 28.5 Å². The number of alkyl halides is 4. The molecule has 2 saturated heterocycles. The number of fused-ring (bicyclic) bond motifs is 1. The van der Waals surface area contributed by atoms with Crippen LogP contribution in [-0.2, 0) is 22.9 Å². The Morgan fingerprint density at radius 2 is 1.49 bits per heavy atom. The van der Waals surface area contributed by atoms with E-state index in [0.717, 1.165) is 17.4 Å². The van der Waals surface area contributed by atoms with Crippen molar-refractivity contribution in [1.29, 1.82) is 0 Å². The molecule has 9 nitrogen and oxygen atoms in total. The summed E-state index contributed by atoms with van der Waals surface area (Å²) < 4.78 is 91.6. The average molecular weight is 704 g/mol. The van der Waals surface area contributed by atoms with Gasteiger partial charge in [0.2, 0.25) is 0 Å². The number of ether oxygens (including phenoxy) is 2. The predicted molar refractivity (Wildman–Crippen MR) is 174 cm³/mol. The van der Waals surface area contributed by atoms with Gasteiger partial charge in [0.15, 0.2) is 15.6 Å². The maximum absolute atomic E-state index is 15.2. The van der Waals surface area contributed by atoms with Crippen LogP contribution in [0.4, 0.5) is 17.6 Å². The first-order valence-electron chi connectivity index (χ1n) is 16.0. The van der Waals surface area contributed by atoms with Gasteiger partial charge in [-0.3, -0.25) is 14.6 Å². The van der Waals surface area contributed by atoms with Crippen molar-refractivity contribution in [3.8, 4) is 11.5 Å². The van der Waals surface area contributed by atoms with Crippen molar-refractivity contribution >= 4 is 26.7 Å². The Bertz CT molecular complexity index is 1860. The van der Waals surface area contributed by atoms with Gasteiger partial charge in [0, 0.05) is 57.0 Å². The molecule has 14 heteroatoms. The zero-order chi connectivity index (χ0) is 34.8. The van der Waals surface area contributed by atoms with Crippen LogP contribution in [0.5, 0.6) is 11.5 Å². The van der Waals surface area contributed by atoms with E-state index >= 15 is 4.39 Å². The SMILES string of the molecule is CS(=O)(=O)c1ccc(CN2CC[C@@H](Oc3ccc4oc(C(=O)NC5CCN(Cc6ccc(OC(F)(F)F)cc6)CC5)cc4c3)[C@H](F)C2)cc1. The Balaban J connectivity index is 0.963. The van der Waals surface area contributed by atoms with Crippen molar-refractivity contribution in [2.45, 2.75) is 61.9 Å². The summed E-state index contributed by atoms with van der Waals surface area (Å²) in [7, 11) is -3.28. The summed E-state index contributed by atoms with van der Waals surface area (Å²) in [4.78, 5) is 17.4. The number of likely N-dealkylation sites (tertiary alicyclic amines) is 2. The number of piperidine rings is 2. The first-order chi connectivity index (χ1) is 23.3. The Hall–Kier alpha value is -4.14. The Kier molecular flexibility index (Phi) is 10.2. The number of sulfone groups is 1. The topological polar surface area (TPSA) is 101 Å². The van der Waals surface area contributed by atoms with E-state index in [-0.39, 0.29) is 34.9 Å². The van der Waals surface area contributed by atoms with Crippen molar-refractivity contribution < 1.29 is 44.7 Å². The summed E-state index contributed by atoms with van der Waals surface area (Å²) in [5.41, 5.74) is 2.28. The van der Waals surface area contributed by atoms with Crippen LogP contribution in [0.1, 0.15) is 40.9 Å². The van der Waals surface area contributed by atoms with Crippen LogP contribution in [0.3, 0.4) is 0 Å². The van der Waals surface area contributed by atoms with Crippen LogP contribution < -0.4 is 14.8 Å². The van der Waals surface area contributed by atoms with Gasteiger partial charge >= 0.3 is 6.36 Å². The molecule has 3 heterocycles. The van der Waals surface area contributed by atoms with Gasteiger partial charge in [-0.25, -0.2) is 12.8 Å². The number of rotatable bonds is 10. The molecule has 3 aromatic carbocycles. The lowest BCUT2D eigenvalue weighted by atomic mass is 10.0. The average Bonchev–Trinajstić information content (AvgIpc) is 3.47. The van der Waals surface area contributed by atoms with Crippen molar-refractivity contribution in [2.24, 2.45) is 0 Å². The molecule has 0 unspecified atom stereocenters. The molecule has 0 spiro atoms. The van der Waals surface area contributed by atoms with Gasteiger partial charge in [0.25, 0.3) is 5.91 Å². The smallest absolute Gasteiger partial charge is 0.487 e. The highest BCUT2D eigenvalue weighted by molar-refractivity contribution is 7.90. The molecule has 1 amide bonds. The standard InChI is InChI=1S/C35H37F4N3O6S/c1-49(44,45)29-9-4-24(5-10-29)21-42-17-14-32(30(36)22-42)46-28-8-11-31-25(18-28)19-33(47-31)34(43)40-26-12-15-41(16-13-26)20-23-2-6-27(7-3-23)48-35(37,38)39/h2-11,18-19,26,30,32H,12-17,20-22H2,1H3,(H,40,43)/t30-,32-/m1/s1. The monoisotopic (exact) mass is 703 g/mol. The molecule has 49 heavy (non-hydrogen) atoms. The van der Waals surface area contributed by atoms with Gasteiger partial charge in [-0.15, -0.1) is 13.2 Å². The summed E-state index contributed by atoms with van der Waals surface area (Å²) in [6.07, 6.45) is -3.54. The zero-order valence-corrected chi connectivity index (χ0v) is 27.6. The minimum Gasteiger partial charge on any atom is -0.487 e. The molecular formula is C35H37F4N3O6S. The predicted octanol–water partition coefficient (Wildman–Crippen LogP) is 6.12. The van der Waals surface area contributed by atoms with Gasteiger partial charge in [0.05, 0.1) is 4.90 Å². The highest BCUT2D eigenvalue weighted by Gasteiger charge is 2.32. The molecule has 1 aromatic heterocycles. The fourth-order valence-electron chi connectivity index (χ4n) is 6.25. The van der Waals surface area contributed by atoms with Crippen LogP contribution in [0, 0.1) is 0 Å². The second-order valence-corrected chi connectivity index (χ2v) is 14.7. The van der Waals surface area contributed by atoms with Crippen LogP contribution in [0.15, 0.2) is 82.1 Å². The minimum absolute atomic E-state index is 0.0578. The highest BCUT2D eigenvalue weighted by Crippen LogP contribution is 2.29. The molecule has 0 bridgehead atoms. The van der Waals surface area contributed by atoms with E-state index in [1.807, 2.05) is 4.90 Å². The van der Waals surface area contributed by atoms with Crippen molar-refractivity contribution in [2.75, 3.05) is 32.4 Å². The molecule has 1 N–H and O–H groups in total. The zero-order valence-electron chi connectivity index (χ0n) is 26.8. The second-order valence-electron chi connectivity index (χ2n) is 12.6. The molecule has 2 fully saturated rings. The summed E-state index contributed by atoms with van der Waals surface area (Å²) in [6.45, 7) is 3.29. The molecule has 0 aliphatic carbocycles. The number of benzene rings is 3. The van der Waals surface area contributed by atoms with Crippen LogP contribution in [0.25, 0.3) is 11.0 Å². The lowest BCUT2D eigenvalue weighted by Crippen LogP contribution is -2.46. The highest BCUT2D eigenvalue weighted by atomic mass is 32.2. The molecular weight excluding hydrogens is 666 g/mol. The molecule has 262 valence electrons. The van der Waals surface area contributed by atoms with Gasteiger partial charge in [-0.05, 0) is 78.9 Å².